The molecule has 0 aliphatic heterocycles. The maximum Gasteiger partial charge on any atom is 0.221 e. The molecule has 0 fully saturated rings. The van der Waals surface area contributed by atoms with Crippen LogP contribution in [0, 0.1) is 6.92 Å². The molecule has 2 aromatic heterocycles. The lowest BCUT2D eigenvalue weighted by molar-refractivity contribution is 0.102. The second kappa shape index (κ2) is 4.28. The van der Waals surface area contributed by atoms with Crippen LogP contribution in [0.2, 0.25) is 0 Å². The Labute approximate surface area is 91.9 Å². The van der Waals surface area contributed by atoms with E-state index in [0.717, 1.165) is 10.6 Å². The third-order valence-corrected chi connectivity index (χ3v) is 2.76. The molecule has 0 spiro atoms. The Morgan fingerprint density at radius 2 is 2.27 bits per heavy atom. The second-order valence-corrected chi connectivity index (χ2v) is 4.10. The van der Waals surface area contributed by atoms with Gasteiger partial charge in [-0.1, -0.05) is 6.07 Å². The number of thiophene rings is 1. The summed E-state index contributed by atoms with van der Waals surface area (Å²) >= 11 is 1.60. The van der Waals surface area contributed by atoms with E-state index in [9.17, 15) is 4.79 Å². The van der Waals surface area contributed by atoms with Crippen molar-refractivity contribution in [1.29, 1.82) is 0 Å². The molecule has 0 bridgehead atoms. The molecule has 0 saturated heterocycles. The van der Waals surface area contributed by atoms with Crippen LogP contribution >= 0.6 is 11.3 Å². The molecule has 0 aliphatic carbocycles. The number of allylic oxidation sites excluding steroid dienone is 1. The molecule has 2 aromatic rings. The van der Waals surface area contributed by atoms with Crippen LogP contribution in [0.5, 0.6) is 0 Å². The lowest BCUT2D eigenvalue weighted by atomic mass is 10.2. The van der Waals surface area contributed by atoms with Gasteiger partial charge in [-0.3, -0.25) is 4.79 Å². The molecule has 0 saturated carbocycles. The third-order valence-electron chi connectivity index (χ3n) is 1.93. The number of aryl methyl sites for hydroxylation is 1. The van der Waals surface area contributed by atoms with Gasteiger partial charge < -0.3 is 4.42 Å². The molecule has 0 N–H and O–H groups in total. The Bertz CT molecular complexity index is 477. The highest BCUT2D eigenvalue weighted by molar-refractivity contribution is 7.10. The number of rotatable bonds is 3. The van der Waals surface area contributed by atoms with E-state index in [-0.39, 0.29) is 5.78 Å². The lowest BCUT2D eigenvalue weighted by Crippen LogP contribution is -1.89. The Kier molecular flexibility index (Phi) is 2.83. The van der Waals surface area contributed by atoms with Crippen molar-refractivity contribution in [3.05, 3.63) is 52.1 Å². The average Bonchev–Trinajstić information content (AvgIpc) is 2.84. The number of hydrogen-bond acceptors (Lipinski definition) is 3. The zero-order chi connectivity index (χ0) is 10.7. The molecule has 2 nitrogen and oxygen atoms in total. The van der Waals surface area contributed by atoms with E-state index in [4.69, 9.17) is 4.42 Å². The number of furan rings is 1. The molecule has 2 heterocycles. The molecule has 3 heteroatoms. The summed E-state index contributed by atoms with van der Waals surface area (Å²) in [4.78, 5) is 12.6. The van der Waals surface area contributed by atoms with Gasteiger partial charge in [0.2, 0.25) is 5.78 Å². The minimum atomic E-state index is -0.100. The van der Waals surface area contributed by atoms with Gasteiger partial charge in [-0.15, -0.1) is 11.3 Å². The molecule has 0 radical (unpaired) electrons. The molecule has 0 atom stereocenters. The van der Waals surface area contributed by atoms with E-state index < -0.39 is 0 Å². The molecule has 2 rings (SSSR count). The van der Waals surface area contributed by atoms with E-state index in [0.29, 0.717) is 5.76 Å². The zero-order valence-corrected chi connectivity index (χ0v) is 9.08. The van der Waals surface area contributed by atoms with Gasteiger partial charge in [0, 0.05) is 4.88 Å². The highest BCUT2D eigenvalue weighted by Crippen LogP contribution is 2.12. The van der Waals surface area contributed by atoms with Crippen LogP contribution in [-0.4, -0.2) is 5.78 Å². The smallest absolute Gasteiger partial charge is 0.221 e. The summed E-state index contributed by atoms with van der Waals surface area (Å²) in [7, 11) is 0. The Morgan fingerprint density at radius 1 is 1.40 bits per heavy atom. The topological polar surface area (TPSA) is 30.2 Å². The lowest BCUT2D eigenvalue weighted by Gasteiger charge is -1.87. The molecule has 15 heavy (non-hydrogen) atoms. The Hall–Kier alpha value is -1.61. The van der Waals surface area contributed by atoms with E-state index in [1.807, 2.05) is 24.4 Å². The first-order valence-electron chi connectivity index (χ1n) is 4.58. The maximum absolute atomic E-state index is 11.6. The van der Waals surface area contributed by atoms with E-state index >= 15 is 0 Å². The fourth-order valence-electron chi connectivity index (χ4n) is 1.19. The molecule has 0 amide bonds. The molecular formula is C12H10O2S. The van der Waals surface area contributed by atoms with Gasteiger partial charge in [-0.05, 0) is 42.7 Å². The average molecular weight is 218 g/mol. The monoisotopic (exact) mass is 218 g/mol. The van der Waals surface area contributed by atoms with Crippen LogP contribution in [0.4, 0.5) is 0 Å². The van der Waals surface area contributed by atoms with Crippen molar-refractivity contribution >= 4 is 23.2 Å². The number of ketones is 1. The van der Waals surface area contributed by atoms with Crippen molar-refractivity contribution in [2.24, 2.45) is 0 Å². The molecular weight excluding hydrogens is 208 g/mol. The van der Waals surface area contributed by atoms with Crippen LogP contribution < -0.4 is 0 Å². The van der Waals surface area contributed by atoms with Crippen molar-refractivity contribution in [2.45, 2.75) is 6.92 Å². The Balaban J connectivity index is 2.10. The highest BCUT2D eigenvalue weighted by atomic mass is 32.1. The highest BCUT2D eigenvalue weighted by Gasteiger charge is 2.05. The largest absolute Gasteiger partial charge is 0.458 e. The summed E-state index contributed by atoms with van der Waals surface area (Å²) in [5.74, 6) is 1.04. The molecule has 0 unspecified atom stereocenters. The van der Waals surface area contributed by atoms with Gasteiger partial charge in [0.25, 0.3) is 0 Å². The van der Waals surface area contributed by atoms with Gasteiger partial charge in [0.1, 0.15) is 5.76 Å². The second-order valence-electron chi connectivity index (χ2n) is 3.12. The van der Waals surface area contributed by atoms with E-state index in [2.05, 4.69) is 0 Å². The quantitative estimate of drug-likeness (QED) is 0.582. The normalized spacial score (nSPS) is 11.0. The number of carbonyl (C=O) groups excluding carboxylic acids is 1. The van der Waals surface area contributed by atoms with Crippen molar-refractivity contribution in [3.63, 3.8) is 0 Å². The minimum absolute atomic E-state index is 0.100. The van der Waals surface area contributed by atoms with Gasteiger partial charge in [-0.2, -0.15) is 0 Å². The summed E-state index contributed by atoms with van der Waals surface area (Å²) in [6.07, 6.45) is 3.33. The minimum Gasteiger partial charge on any atom is -0.458 e. The van der Waals surface area contributed by atoms with Crippen LogP contribution in [0.25, 0.3) is 6.08 Å². The fourth-order valence-corrected chi connectivity index (χ4v) is 1.81. The Morgan fingerprint density at radius 3 is 2.87 bits per heavy atom. The standard InChI is InChI=1S/C12H10O2S/c1-9-4-7-12(14-9)11(13)6-5-10-3-2-8-15-10/h2-8H,1H3. The van der Waals surface area contributed by atoms with E-state index in [1.165, 1.54) is 6.08 Å². The zero-order valence-electron chi connectivity index (χ0n) is 8.27. The molecule has 0 aliphatic rings. The van der Waals surface area contributed by atoms with Crippen LogP contribution in [0.1, 0.15) is 21.2 Å². The first-order valence-corrected chi connectivity index (χ1v) is 5.46. The van der Waals surface area contributed by atoms with Gasteiger partial charge in [0.05, 0.1) is 0 Å². The first kappa shape index (κ1) is 9.93. The maximum atomic E-state index is 11.6. The summed E-state index contributed by atoms with van der Waals surface area (Å²) < 4.78 is 5.22. The summed E-state index contributed by atoms with van der Waals surface area (Å²) in [6, 6.07) is 7.39. The van der Waals surface area contributed by atoms with Crippen molar-refractivity contribution < 1.29 is 9.21 Å². The molecule has 76 valence electrons. The van der Waals surface area contributed by atoms with Crippen molar-refractivity contribution in [2.75, 3.05) is 0 Å². The summed E-state index contributed by atoms with van der Waals surface area (Å²) in [5, 5.41) is 1.97. The number of hydrogen-bond donors (Lipinski definition) is 0. The SMILES string of the molecule is Cc1ccc(C(=O)C=Cc2cccs2)o1. The number of carbonyl (C=O) groups is 1. The predicted octanol–water partition coefficient (Wildman–Crippen LogP) is 3.55. The molecule has 0 aromatic carbocycles. The van der Waals surface area contributed by atoms with E-state index in [1.54, 1.807) is 29.5 Å². The van der Waals surface area contributed by atoms with Gasteiger partial charge in [0.15, 0.2) is 5.76 Å². The van der Waals surface area contributed by atoms with Gasteiger partial charge in [-0.25, -0.2) is 0 Å². The van der Waals surface area contributed by atoms with Crippen LogP contribution in [0.15, 0.2) is 40.1 Å². The summed E-state index contributed by atoms with van der Waals surface area (Å²) in [5.41, 5.74) is 0. The predicted molar refractivity (Wildman–Crippen MR) is 61.1 cm³/mol. The summed E-state index contributed by atoms with van der Waals surface area (Å²) in [6.45, 7) is 1.82. The van der Waals surface area contributed by atoms with Crippen molar-refractivity contribution in [1.82, 2.24) is 0 Å². The van der Waals surface area contributed by atoms with Crippen LogP contribution in [-0.2, 0) is 0 Å². The van der Waals surface area contributed by atoms with Crippen molar-refractivity contribution in [3.8, 4) is 0 Å². The van der Waals surface area contributed by atoms with Gasteiger partial charge >= 0.3 is 0 Å². The fraction of sp³-hybridized carbons (Fsp3) is 0.0833. The first-order chi connectivity index (χ1) is 7.25. The van der Waals surface area contributed by atoms with Crippen LogP contribution in [0.3, 0.4) is 0 Å². The third kappa shape index (κ3) is 2.44.